The van der Waals surface area contributed by atoms with E-state index in [2.05, 4.69) is 4.98 Å². The molecular formula is C16H19N3O5. The monoisotopic (exact) mass is 333 g/mol. The van der Waals surface area contributed by atoms with E-state index >= 15 is 0 Å². The molecule has 1 aromatic heterocycles. The van der Waals surface area contributed by atoms with Gasteiger partial charge in [-0.25, -0.2) is 9.78 Å². The van der Waals surface area contributed by atoms with Gasteiger partial charge in [0.15, 0.2) is 0 Å². The van der Waals surface area contributed by atoms with Crippen LogP contribution in [0.4, 0.5) is 5.82 Å². The minimum atomic E-state index is -1.01. The lowest BCUT2D eigenvalue weighted by molar-refractivity contribution is -0.145. The molecule has 3 heterocycles. The average Bonchev–Trinajstić information content (AvgIpc) is 2.81. The highest BCUT2D eigenvalue weighted by Crippen LogP contribution is 2.43. The van der Waals surface area contributed by atoms with E-state index in [-0.39, 0.29) is 17.9 Å². The molecule has 2 aliphatic rings. The van der Waals surface area contributed by atoms with Crippen molar-refractivity contribution in [3.05, 3.63) is 23.9 Å². The van der Waals surface area contributed by atoms with Crippen molar-refractivity contribution in [1.82, 2.24) is 9.88 Å². The number of nitrogens with zero attached hydrogens (tertiary/aromatic N) is 3. The van der Waals surface area contributed by atoms with Crippen molar-refractivity contribution in [3.63, 3.8) is 0 Å². The molecular weight excluding hydrogens is 314 g/mol. The molecule has 128 valence electrons. The molecule has 1 atom stereocenters. The molecule has 2 saturated heterocycles. The third kappa shape index (κ3) is 2.47. The minimum absolute atomic E-state index is 0.0403. The fourth-order valence-electron chi connectivity index (χ4n) is 3.83. The molecule has 0 bridgehead atoms. The van der Waals surface area contributed by atoms with Crippen LogP contribution in [0.2, 0.25) is 0 Å². The van der Waals surface area contributed by atoms with Crippen LogP contribution < -0.4 is 4.90 Å². The van der Waals surface area contributed by atoms with Crippen LogP contribution in [0, 0.1) is 5.92 Å². The second kappa shape index (κ2) is 5.77. The summed E-state index contributed by atoms with van der Waals surface area (Å²) in [7, 11) is 1.67. The smallest absolute Gasteiger partial charge is 0.335 e. The largest absolute Gasteiger partial charge is 0.481 e. The third-order valence-electron chi connectivity index (χ3n) is 5.31. The van der Waals surface area contributed by atoms with Crippen LogP contribution in [0.25, 0.3) is 0 Å². The Bertz CT molecular complexity index is 697. The van der Waals surface area contributed by atoms with E-state index in [9.17, 15) is 19.5 Å². The predicted molar refractivity (Wildman–Crippen MR) is 83.9 cm³/mol. The van der Waals surface area contributed by atoms with E-state index in [1.807, 2.05) is 4.90 Å². The molecule has 8 heteroatoms. The molecule has 3 rings (SSSR count). The highest BCUT2D eigenvalue weighted by atomic mass is 16.4. The number of carboxylic acid groups (broad SMARTS) is 2. The lowest BCUT2D eigenvalue weighted by Crippen LogP contribution is -2.56. The second-order valence-electron chi connectivity index (χ2n) is 6.35. The van der Waals surface area contributed by atoms with Crippen LogP contribution in [-0.4, -0.2) is 63.6 Å². The molecule has 0 aromatic carbocycles. The van der Waals surface area contributed by atoms with E-state index in [0.717, 1.165) is 0 Å². The maximum atomic E-state index is 12.0. The summed E-state index contributed by atoms with van der Waals surface area (Å²) in [6.07, 6.45) is 2.53. The quantitative estimate of drug-likeness (QED) is 0.836. The Morgan fingerprint density at radius 3 is 2.54 bits per heavy atom. The van der Waals surface area contributed by atoms with E-state index < -0.39 is 23.4 Å². The summed E-state index contributed by atoms with van der Waals surface area (Å²) in [5, 5.41) is 18.6. The number of hydrogen-bond acceptors (Lipinski definition) is 5. The van der Waals surface area contributed by atoms with Crippen LogP contribution in [0.15, 0.2) is 18.3 Å². The van der Waals surface area contributed by atoms with E-state index in [1.165, 1.54) is 18.3 Å². The Morgan fingerprint density at radius 1 is 1.29 bits per heavy atom. The number of likely N-dealkylation sites (tertiary alicyclic amines) is 1. The van der Waals surface area contributed by atoms with Crippen LogP contribution >= 0.6 is 0 Å². The van der Waals surface area contributed by atoms with Crippen LogP contribution in [-0.2, 0) is 9.59 Å². The van der Waals surface area contributed by atoms with Gasteiger partial charge in [0, 0.05) is 32.8 Å². The third-order valence-corrected chi connectivity index (χ3v) is 5.31. The molecule has 2 N–H and O–H groups in total. The van der Waals surface area contributed by atoms with Gasteiger partial charge >= 0.3 is 11.9 Å². The lowest BCUT2D eigenvalue weighted by atomic mass is 9.77. The Labute approximate surface area is 138 Å². The molecule has 0 radical (unpaired) electrons. The zero-order valence-electron chi connectivity index (χ0n) is 13.3. The molecule has 1 aromatic rings. The lowest BCUT2D eigenvalue weighted by Gasteiger charge is -2.45. The maximum absolute atomic E-state index is 12.0. The van der Waals surface area contributed by atoms with Gasteiger partial charge in [0.1, 0.15) is 5.82 Å². The van der Waals surface area contributed by atoms with Gasteiger partial charge in [0.05, 0.1) is 17.0 Å². The number of carboxylic acids is 2. The zero-order valence-corrected chi connectivity index (χ0v) is 13.3. The van der Waals surface area contributed by atoms with Gasteiger partial charge in [0.25, 0.3) is 0 Å². The number of hydrogen-bond donors (Lipinski definition) is 2. The van der Waals surface area contributed by atoms with Crippen molar-refractivity contribution in [3.8, 4) is 0 Å². The number of carbonyl (C=O) groups excluding carboxylic acids is 1. The first-order valence-electron chi connectivity index (χ1n) is 7.79. The van der Waals surface area contributed by atoms with Gasteiger partial charge in [-0.05, 0) is 25.0 Å². The fourth-order valence-corrected chi connectivity index (χ4v) is 3.83. The fraction of sp³-hybridized carbons (Fsp3) is 0.500. The van der Waals surface area contributed by atoms with Gasteiger partial charge < -0.3 is 20.0 Å². The first-order valence-corrected chi connectivity index (χ1v) is 7.79. The molecule has 24 heavy (non-hydrogen) atoms. The second-order valence-corrected chi connectivity index (χ2v) is 6.35. The number of aromatic nitrogens is 1. The molecule has 1 spiro atoms. The highest BCUT2D eigenvalue weighted by Gasteiger charge is 2.55. The van der Waals surface area contributed by atoms with Crippen LogP contribution in [0.3, 0.4) is 0 Å². The van der Waals surface area contributed by atoms with Crippen molar-refractivity contribution >= 4 is 23.7 Å². The number of aromatic carboxylic acids is 1. The molecule has 8 nitrogen and oxygen atoms in total. The molecule has 2 fully saturated rings. The number of aliphatic carboxylic acids is 1. The highest BCUT2D eigenvalue weighted by molar-refractivity contribution is 5.89. The van der Waals surface area contributed by atoms with Gasteiger partial charge in [-0.1, -0.05) is 0 Å². The molecule has 0 aliphatic carbocycles. The molecule has 1 amide bonds. The summed E-state index contributed by atoms with van der Waals surface area (Å²) in [6.45, 7) is 1.05. The predicted octanol–water partition coefficient (Wildman–Crippen LogP) is 0.682. The van der Waals surface area contributed by atoms with Crippen molar-refractivity contribution in [1.29, 1.82) is 0 Å². The summed E-state index contributed by atoms with van der Waals surface area (Å²) < 4.78 is 0. The number of rotatable bonds is 3. The summed E-state index contributed by atoms with van der Waals surface area (Å²) in [5.74, 6) is -2.23. The van der Waals surface area contributed by atoms with Gasteiger partial charge in [-0.2, -0.15) is 0 Å². The van der Waals surface area contributed by atoms with E-state index in [4.69, 9.17) is 5.11 Å². The zero-order chi connectivity index (χ0) is 17.5. The summed E-state index contributed by atoms with van der Waals surface area (Å²) in [5.41, 5.74) is -0.499. The van der Waals surface area contributed by atoms with Crippen molar-refractivity contribution in [2.45, 2.75) is 24.8 Å². The Balaban J connectivity index is 1.80. The average molecular weight is 333 g/mol. The van der Waals surface area contributed by atoms with Crippen molar-refractivity contribution < 1.29 is 24.6 Å². The summed E-state index contributed by atoms with van der Waals surface area (Å²) >= 11 is 0. The summed E-state index contributed by atoms with van der Waals surface area (Å²) in [4.78, 5) is 42.4. The number of carbonyl (C=O) groups is 3. The van der Waals surface area contributed by atoms with E-state index in [0.29, 0.717) is 31.7 Å². The topological polar surface area (TPSA) is 111 Å². The molecule has 0 saturated carbocycles. The van der Waals surface area contributed by atoms with Crippen molar-refractivity contribution in [2.24, 2.45) is 5.92 Å². The molecule has 2 aliphatic heterocycles. The number of anilines is 1. The van der Waals surface area contributed by atoms with Gasteiger partial charge in [0.2, 0.25) is 5.91 Å². The minimum Gasteiger partial charge on any atom is -0.481 e. The summed E-state index contributed by atoms with van der Waals surface area (Å²) in [6, 6.07) is 2.94. The van der Waals surface area contributed by atoms with Crippen LogP contribution in [0.1, 0.15) is 29.6 Å². The molecule has 1 unspecified atom stereocenters. The number of piperidine rings is 1. The van der Waals surface area contributed by atoms with Crippen LogP contribution in [0.5, 0.6) is 0 Å². The Morgan fingerprint density at radius 2 is 1.96 bits per heavy atom. The Hall–Kier alpha value is -2.64. The van der Waals surface area contributed by atoms with E-state index in [1.54, 1.807) is 11.9 Å². The standard InChI is InChI=1S/C16H19N3O5/c1-18-13(20)9-11(15(23)24)16(18)3-6-19(7-4-16)12-8-10(14(21)22)2-5-17-12/h2,5,8,11H,3-4,6-7,9H2,1H3,(H,21,22)(H,23,24). The first kappa shape index (κ1) is 16.2. The maximum Gasteiger partial charge on any atom is 0.335 e. The first-order chi connectivity index (χ1) is 11.3. The normalized spacial score (nSPS) is 22.9. The van der Waals surface area contributed by atoms with Gasteiger partial charge in [-0.3, -0.25) is 9.59 Å². The Kier molecular flexibility index (Phi) is 3.90. The number of pyridine rings is 1. The SMILES string of the molecule is CN1C(=O)CC(C(=O)O)C12CCN(c1cc(C(=O)O)ccn1)CC2. The number of amides is 1. The van der Waals surface area contributed by atoms with Gasteiger partial charge in [-0.15, -0.1) is 0 Å². The van der Waals surface area contributed by atoms with Crippen molar-refractivity contribution in [2.75, 3.05) is 25.0 Å².